The maximum atomic E-state index is 13.2. The smallest absolute Gasteiger partial charge is 0.282 e. The van der Waals surface area contributed by atoms with Crippen LogP contribution in [0.15, 0.2) is 30.3 Å². The van der Waals surface area contributed by atoms with E-state index in [4.69, 9.17) is 4.74 Å². The molecule has 0 unspecified atom stereocenters. The highest BCUT2D eigenvalue weighted by atomic mass is 32.2. The third kappa shape index (κ3) is 2.70. The van der Waals surface area contributed by atoms with E-state index in [2.05, 4.69) is 5.32 Å². The van der Waals surface area contributed by atoms with Gasteiger partial charge in [-0.2, -0.15) is 17.0 Å². The molecule has 0 saturated carbocycles. The first-order valence-electron chi connectivity index (χ1n) is 8.28. The minimum absolute atomic E-state index is 0.0657. The summed E-state index contributed by atoms with van der Waals surface area (Å²) in [6.45, 7) is 4.27. The van der Waals surface area contributed by atoms with E-state index in [1.54, 1.807) is 8.61 Å². The largest absolute Gasteiger partial charge is 0.379 e. The molecule has 0 radical (unpaired) electrons. The third-order valence-corrected chi connectivity index (χ3v) is 7.24. The van der Waals surface area contributed by atoms with Crippen LogP contribution in [0, 0.1) is 11.8 Å². The SMILES string of the molecule is O=S(=O)(N1CCOCC1)N1C[C@@H]2CNC[C@@H]2[C@H]1c1ccccc1. The van der Waals surface area contributed by atoms with Gasteiger partial charge in [0.25, 0.3) is 10.2 Å². The predicted octanol–water partition coefficient (Wildman–Crippen LogP) is 0.456. The first kappa shape index (κ1) is 15.5. The monoisotopic (exact) mass is 337 g/mol. The highest BCUT2D eigenvalue weighted by Crippen LogP contribution is 2.44. The van der Waals surface area contributed by atoms with Gasteiger partial charge >= 0.3 is 0 Å². The number of nitrogens with zero attached hydrogens (tertiary/aromatic N) is 2. The van der Waals surface area contributed by atoms with Gasteiger partial charge in [-0.1, -0.05) is 30.3 Å². The summed E-state index contributed by atoms with van der Waals surface area (Å²) in [4.78, 5) is 0. The molecule has 0 amide bonds. The van der Waals surface area contributed by atoms with Crippen molar-refractivity contribution < 1.29 is 13.2 Å². The van der Waals surface area contributed by atoms with E-state index in [0.29, 0.717) is 44.7 Å². The Labute approximate surface area is 137 Å². The fraction of sp³-hybridized carbons (Fsp3) is 0.625. The van der Waals surface area contributed by atoms with Crippen LogP contribution in [0.4, 0.5) is 0 Å². The van der Waals surface area contributed by atoms with Crippen LogP contribution in [0.1, 0.15) is 11.6 Å². The molecule has 0 aromatic heterocycles. The summed E-state index contributed by atoms with van der Waals surface area (Å²) >= 11 is 0. The molecule has 1 aromatic rings. The number of fused-ring (bicyclic) bond motifs is 1. The van der Waals surface area contributed by atoms with Crippen molar-refractivity contribution in [3.05, 3.63) is 35.9 Å². The lowest BCUT2D eigenvalue weighted by Gasteiger charge is -2.34. The predicted molar refractivity (Wildman–Crippen MR) is 87.1 cm³/mol. The fourth-order valence-electron chi connectivity index (χ4n) is 4.11. The van der Waals surface area contributed by atoms with Crippen molar-refractivity contribution in [3.63, 3.8) is 0 Å². The zero-order chi connectivity index (χ0) is 15.9. The number of hydrogen-bond acceptors (Lipinski definition) is 4. The summed E-state index contributed by atoms with van der Waals surface area (Å²) in [5.41, 5.74) is 1.10. The highest BCUT2D eigenvalue weighted by molar-refractivity contribution is 7.86. The average molecular weight is 337 g/mol. The molecule has 1 aromatic carbocycles. The summed E-state index contributed by atoms with van der Waals surface area (Å²) in [6, 6.07) is 9.99. The van der Waals surface area contributed by atoms with E-state index in [-0.39, 0.29) is 6.04 Å². The standard InChI is InChI=1S/C16H23N3O3S/c20-23(21,18-6-8-22-9-7-18)19-12-14-10-17-11-15(14)16(19)13-4-2-1-3-5-13/h1-5,14-17H,6-12H2/t14-,15-,16+/m0/s1. The minimum atomic E-state index is -3.44. The van der Waals surface area contributed by atoms with Crippen molar-refractivity contribution in [2.45, 2.75) is 6.04 Å². The van der Waals surface area contributed by atoms with Crippen molar-refractivity contribution in [2.24, 2.45) is 11.8 Å². The van der Waals surface area contributed by atoms with Crippen LogP contribution in [0.5, 0.6) is 0 Å². The first-order valence-corrected chi connectivity index (χ1v) is 9.68. The van der Waals surface area contributed by atoms with Crippen LogP contribution in [-0.4, -0.2) is 63.0 Å². The molecular weight excluding hydrogens is 314 g/mol. The molecule has 3 fully saturated rings. The molecule has 0 spiro atoms. The lowest BCUT2D eigenvalue weighted by atomic mass is 9.90. The van der Waals surface area contributed by atoms with E-state index in [0.717, 1.165) is 18.7 Å². The van der Waals surface area contributed by atoms with Crippen molar-refractivity contribution in [2.75, 3.05) is 45.9 Å². The highest BCUT2D eigenvalue weighted by Gasteiger charge is 2.50. The Bertz CT molecular complexity index is 646. The lowest BCUT2D eigenvalue weighted by Crippen LogP contribution is -2.49. The lowest BCUT2D eigenvalue weighted by molar-refractivity contribution is 0.0696. The van der Waals surface area contributed by atoms with E-state index in [1.165, 1.54) is 0 Å². The summed E-state index contributed by atoms with van der Waals surface area (Å²) in [7, 11) is -3.44. The third-order valence-electron chi connectivity index (χ3n) is 5.26. The maximum Gasteiger partial charge on any atom is 0.282 e. The molecule has 3 aliphatic rings. The molecule has 126 valence electrons. The average Bonchev–Trinajstić information content (AvgIpc) is 3.17. The van der Waals surface area contributed by atoms with Crippen LogP contribution < -0.4 is 5.32 Å². The second-order valence-corrected chi connectivity index (χ2v) is 8.41. The van der Waals surface area contributed by atoms with Gasteiger partial charge in [0.1, 0.15) is 0 Å². The van der Waals surface area contributed by atoms with Crippen LogP contribution in [-0.2, 0) is 14.9 Å². The number of hydrogen-bond donors (Lipinski definition) is 1. The number of benzene rings is 1. The van der Waals surface area contributed by atoms with Gasteiger partial charge in [-0.25, -0.2) is 0 Å². The number of morpholine rings is 1. The Kier molecular flexibility index (Phi) is 4.15. The first-order chi connectivity index (χ1) is 11.2. The summed E-state index contributed by atoms with van der Waals surface area (Å²) in [6.07, 6.45) is 0. The van der Waals surface area contributed by atoms with Crippen molar-refractivity contribution in [1.29, 1.82) is 0 Å². The Morgan fingerprint density at radius 1 is 1.09 bits per heavy atom. The van der Waals surface area contributed by atoms with Gasteiger partial charge in [0.2, 0.25) is 0 Å². The fourth-order valence-corrected chi connectivity index (χ4v) is 5.96. The topological polar surface area (TPSA) is 61.9 Å². The van der Waals surface area contributed by atoms with Gasteiger partial charge in [0, 0.05) is 26.2 Å². The van der Waals surface area contributed by atoms with Crippen LogP contribution in [0.2, 0.25) is 0 Å². The molecule has 7 heteroatoms. The molecule has 6 nitrogen and oxygen atoms in total. The Balaban J connectivity index is 1.68. The molecule has 3 atom stereocenters. The van der Waals surface area contributed by atoms with Gasteiger partial charge in [-0.05, 0) is 23.9 Å². The molecular formula is C16H23N3O3S. The van der Waals surface area contributed by atoms with E-state index in [1.807, 2.05) is 30.3 Å². The van der Waals surface area contributed by atoms with Gasteiger partial charge in [-0.15, -0.1) is 0 Å². The van der Waals surface area contributed by atoms with Gasteiger partial charge < -0.3 is 10.1 Å². The Hall–Kier alpha value is -0.990. The van der Waals surface area contributed by atoms with Crippen LogP contribution in [0.3, 0.4) is 0 Å². The molecule has 23 heavy (non-hydrogen) atoms. The van der Waals surface area contributed by atoms with Gasteiger partial charge in [0.05, 0.1) is 19.3 Å². The zero-order valence-electron chi connectivity index (χ0n) is 13.1. The summed E-state index contributed by atoms with van der Waals surface area (Å²) < 4.78 is 35.0. The van der Waals surface area contributed by atoms with E-state index < -0.39 is 10.2 Å². The zero-order valence-corrected chi connectivity index (χ0v) is 13.9. The molecule has 3 aliphatic heterocycles. The Morgan fingerprint density at radius 2 is 1.83 bits per heavy atom. The van der Waals surface area contributed by atoms with Gasteiger partial charge in [-0.3, -0.25) is 0 Å². The van der Waals surface area contributed by atoms with Crippen molar-refractivity contribution in [3.8, 4) is 0 Å². The van der Waals surface area contributed by atoms with Crippen LogP contribution in [0.25, 0.3) is 0 Å². The number of ether oxygens (including phenoxy) is 1. The van der Waals surface area contributed by atoms with Crippen LogP contribution >= 0.6 is 0 Å². The molecule has 4 rings (SSSR count). The quantitative estimate of drug-likeness (QED) is 0.870. The second-order valence-electron chi connectivity index (χ2n) is 6.53. The molecule has 0 aliphatic carbocycles. The van der Waals surface area contributed by atoms with E-state index in [9.17, 15) is 8.42 Å². The van der Waals surface area contributed by atoms with E-state index >= 15 is 0 Å². The van der Waals surface area contributed by atoms with Crippen molar-refractivity contribution in [1.82, 2.24) is 13.9 Å². The normalized spacial score (nSPS) is 33.0. The molecule has 1 N–H and O–H groups in total. The second kappa shape index (κ2) is 6.14. The molecule has 0 bridgehead atoms. The minimum Gasteiger partial charge on any atom is -0.379 e. The van der Waals surface area contributed by atoms with Gasteiger partial charge in [0.15, 0.2) is 0 Å². The van der Waals surface area contributed by atoms with Crippen molar-refractivity contribution >= 4 is 10.2 Å². The number of nitrogens with one attached hydrogen (secondary N) is 1. The summed E-state index contributed by atoms with van der Waals surface area (Å²) in [5, 5.41) is 3.42. The molecule has 3 heterocycles. The Morgan fingerprint density at radius 3 is 2.57 bits per heavy atom. The molecule has 3 saturated heterocycles. The number of rotatable bonds is 3. The summed E-state index contributed by atoms with van der Waals surface area (Å²) in [5.74, 6) is 0.754. The maximum absolute atomic E-state index is 13.2.